The quantitative estimate of drug-likeness (QED) is 0.748. The summed E-state index contributed by atoms with van der Waals surface area (Å²) in [4.78, 5) is 2.60. The van der Waals surface area contributed by atoms with Gasteiger partial charge in [0.1, 0.15) is 0 Å². The Balaban J connectivity index is 1.72. The molecule has 0 radical (unpaired) electrons. The van der Waals surface area contributed by atoms with E-state index in [9.17, 15) is 0 Å². The SMILES string of the molecule is NCCCN1CC2(CCCCCC2)C1. The van der Waals surface area contributed by atoms with Crippen molar-refractivity contribution < 1.29 is 0 Å². The van der Waals surface area contributed by atoms with E-state index >= 15 is 0 Å². The van der Waals surface area contributed by atoms with Crippen LogP contribution in [0.3, 0.4) is 0 Å². The summed E-state index contributed by atoms with van der Waals surface area (Å²) in [5.74, 6) is 0. The van der Waals surface area contributed by atoms with E-state index in [1.165, 1.54) is 64.6 Å². The summed E-state index contributed by atoms with van der Waals surface area (Å²) in [6, 6.07) is 0. The van der Waals surface area contributed by atoms with Crippen molar-refractivity contribution in [3.05, 3.63) is 0 Å². The third-order valence-electron chi connectivity index (χ3n) is 3.96. The van der Waals surface area contributed by atoms with Crippen LogP contribution in [0.25, 0.3) is 0 Å². The standard InChI is InChI=1S/C12H24N2/c13-8-5-9-14-10-12(11-14)6-3-1-2-4-7-12/h1-11,13H2. The molecule has 0 aromatic carbocycles. The van der Waals surface area contributed by atoms with Crippen LogP contribution in [-0.4, -0.2) is 31.1 Å². The lowest BCUT2D eigenvalue weighted by molar-refractivity contribution is -0.0116. The van der Waals surface area contributed by atoms with Crippen LogP contribution in [0.5, 0.6) is 0 Å². The van der Waals surface area contributed by atoms with E-state index < -0.39 is 0 Å². The molecule has 1 saturated heterocycles. The van der Waals surface area contributed by atoms with Crippen molar-refractivity contribution in [2.75, 3.05) is 26.2 Å². The summed E-state index contributed by atoms with van der Waals surface area (Å²) in [6.45, 7) is 4.82. The minimum Gasteiger partial charge on any atom is -0.330 e. The number of rotatable bonds is 3. The Hall–Kier alpha value is -0.0800. The maximum absolute atomic E-state index is 5.52. The van der Waals surface area contributed by atoms with E-state index in [2.05, 4.69) is 4.90 Å². The van der Waals surface area contributed by atoms with Gasteiger partial charge in [0.15, 0.2) is 0 Å². The van der Waals surface area contributed by atoms with Gasteiger partial charge < -0.3 is 10.6 Å². The topological polar surface area (TPSA) is 29.3 Å². The van der Waals surface area contributed by atoms with Gasteiger partial charge in [-0.3, -0.25) is 0 Å². The molecule has 2 rings (SSSR count). The first-order valence-electron chi connectivity index (χ1n) is 6.27. The molecule has 2 heteroatoms. The molecular weight excluding hydrogens is 172 g/mol. The monoisotopic (exact) mass is 196 g/mol. The molecule has 0 atom stereocenters. The summed E-state index contributed by atoms with van der Waals surface area (Å²) >= 11 is 0. The molecule has 1 heterocycles. The maximum atomic E-state index is 5.52. The zero-order chi connectivity index (χ0) is 9.86. The van der Waals surface area contributed by atoms with Crippen molar-refractivity contribution in [1.29, 1.82) is 0 Å². The van der Waals surface area contributed by atoms with Gasteiger partial charge in [-0.2, -0.15) is 0 Å². The van der Waals surface area contributed by atoms with Gasteiger partial charge in [-0.1, -0.05) is 25.7 Å². The summed E-state index contributed by atoms with van der Waals surface area (Å²) in [7, 11) is 0. The van der Waals surface area contributed by atoms with E-state index in [-0.39, 0.29) is 0 Å². The number of nitrogens with zero attached hydrogens (tertiary/aromatic N) is 1. The van der Waals surface area contributed by atoms with Crippen LogP contribution in [0.1, 0.15) is 44.9 Å². The molecule has 0 unspecified atom stereocenters. The minimum absolute atomic E-state index is 0.741. The fraction of sp³-hybridized carbons (Fsp3) is 1.00. The molecule has 2 fully saturated rings. The first-order chi connectivity index (χ1) is 6.85. The van der Waals surface area contributed by atoms with Gasteiger partial charge in [0.2, 0.25) is 0 Å². The summed E-state index contributed by atoms with van der Waals surface area (Å²) < 4.78 is 0. The number of nitrogens with two attached hydrogens (primary N) is 1. The fourth-order valence-electron chi connectivity index (χ4n) is 3.17. The molecule has 2 N–H and O–H groups in total. The third kappa shape index (κ3) is 2.29. The fourth-order valence-corrected chi connectivity index (χ4v) is 3.17. The summed E-state index contributed by atoms with van der Waals surface area (Å²) in [6.07, 6.45) is 10.1. The van der Waals surface area contributed by atoms with Crippen molar-refractivity contribution in [2.24, 2.45) is 11.1 Å². The molecule has 1 saturated carbocycles. The summed E-state index contributed by atoms with van der Waals surface area (Å²) in [5, 5.41) is 0. The predicted octanol–water partition coefficient (Wildman–Crippen LogP) is 1.99. The minimum atomic E-state index is 0.741. The first kappa shape index (κ1) is 10.4. The van der Waals surface area contributed by atoms with Crippen LogP contribution in [0.15, 0.2) is 0 Å². The van der Waals surface area contributed by atoms with Gasteiger partial charge in [0.05, 0.1) is 0 Å². The van der Waals surface area contributed by atoms with E-state index in [4.69, 9.17) is 5.73 Å². The zero-order valence-corrected chi connectivity index (χ0v) is 9.30. The Labute approximate surface area is 87.8 Å². The lowest BCUT2D eigenvalue weighted by Crippen LogP contribution is -2.56. The van der Waals surface area contributed by atoms with Crippen LogP contribution in [0.4, 0.5) is 0 Å². The normalized spacial score (nSPS) is 27.2. The molecule has 0 aromatic rings. The molecule has 1 spiro atoms. The highest BCUT2D eigenvalue weighted by molar-refractivity contribution is 4.95. The van der Waals surface area contributed by atoms with Crippen LogP contribution < -0.4 is 5.73 Å². The smallest absolute Gasteiger partial charge is 0.00505 e. The van der Waals surface area contributed by atoms with Crippen molar-refractivity contribution in [3.8, 4) is 0 Å². The third-order valence-corrected chi connectivity index (χ3v) is 3.96. The molecule has 1 aliphatic heterocycles. The Bertz CT molecular complexity index is 163. The van der Waals surface area contributed by atoms with Crippen LogP contribution in [0.2, 0.25) is 0 Å². The average molecular weight is 196 g/mol. The second-order valence-corrected chi connectivity index (χ2v) is 5.27. The van der Waals surface area contributed by atoms with E-state index in [1.807, 2.05) is 0 Å². The number of hydrogen-bond donors (Lipinski definition) is 1. The van der Waals surface area contributed by atoms with Gasteiger partial charge in [0, 0.05) is 13.1 Å². The van der Waals surface area contributed by atoms with Crippen molar-refractivity contribution in [1.82, 2.24) is 4.90 Å². The van der Waals surface area contributed by atoms with Crippen molar-refractivity contribution in [2.45, 2.75) is 44.9 Å². The molecule has 2 aliphatic rings. The second kappa shape index (κ2) is 4.63. The molecular formula is C12H24N2. The van der Waals surface area contributed by atoms with Gasteiger partial charge >= 0.3 is 0 Å². The molecule has 82 valence electrons. The predicted molar refractivity (Wildman–Crippen MR) is 60.2 cm³/mol. The molecule has 14 heavy (non-hydrogen) atoms. The number of hydrogen-bond acceptors (Lipinski definition) is 2. The van der Waals surface area contributed by atoms with Gasteiger partial charge in [0.25, 0.3) is 0 Å². The highest BCUT2D eigenvalue weighted by Gasteiger charge is 2.41. The van der Waals surface area contributed by atoms with Gasteiger partial charge in [-0.05, 0) is 37.8 Å². The van der Waals surface area contributed by atoms with Crippen LogP contribution >= 0.6 is 0 Å². The second-order valence-electron chi connectivity index (χ2n) is 5.27. The van der Waals surface area contributed by atoms with Gasteiger partial charge in [-0.15, -0.1) is 0 Å². The average Bonchev–Trinajstić information content (AvgIpc) is 2.38. The Morgan fingerprint density at radius 1 is 1.00 bits per heavy atom. The number of likely N-dealkylation sites (tertiary alicyclic amines) is 1. The van der Waals surface area contributed by atoms with E-state index in [0.717, 1.165) is 12.0 Å². The van der Waals surface area contributed by atoms with Crippen molar-refractivity contribution in [3.63, 3.8) is 0 Å². The Morgan fingerprint density at radius 2 is 1.64 bits per heavy atom. The molecule has 0 bridgehead atoms. The van der Waals surface area contributed by atoms with Gasteiger partial charge in [-0.25, -0.2) is 0 Å². The molecule has 1 aliphatic carbocycles. The van der Waals surface area contributed by atoms with E-state index in [0.29, 0.717) is 0 Å². The highest BCUT2D eigenvalue weighted by Crippen LogP contribution is 2.42. The summed E-state index contributed by atoms with van der Waals surface area (Å²) in [5.41, 5.74) is 6.27. The Kier molecular flexibility index (Phi) is 3.45. The molecule has 0 amide bonds. The van der Waals surface area contributed by atoms with Crippen molar-refractivity contribution >= 4 is 0 Å². The molecule has 0 aromatic heterocycles. The highest BCUT2D eigenvalue weighted by atomic mass is 15.2. The lowest BCUT2D eigenvalue weighted by Gasteiger charge is -2.50. The Morgan fingerprint density at radius 3 is 2.21 bits per heavy atom. The molecule has 2 nitrogen and oxygen atoms in total. The van der Waals surface area contributed by atoms with Crippen LogP contribution in [-0.2, 0) is 0 Å². The largest absolute Gasteiger partial charge is 0.330 e. The van der Waals surface area contributed by atoms with Crippen LogP contribution in [0, 0.1) is 5.41 Å². The lowest BCUT2D eigenvalue weighted by atomic mass is 9.73. The maximum Gasteiger partial charge on any atom is 0.00505 e. The first-order valence-corrected chi connectivity index (χ1v) is 6.27. The zero-order valence-electron chi connectivity index (χ0n) is 9.30. The van der Waals surface area contributed by atoms with E-state index in [1.54, 1.807) is 0 Å².